The normalized spacial score (nSPS) is 29.7. The summed E-state index contributed by atoms with van der Waals surface area (Å²) in [6.07, 6.45) is -0.0633. The van der Waals surface area contributed by atoms with E-state index in [0.29, 0.717) is 5.56 Å². The number of aliphatic hydroxyl groups excluding tert-OH is 2. The van der Waals surface area contributed by atoms with E-state index in [1.807, 2.05) is 14.0 Å². The van der Waals surface area contributed by atoms with Gasteiger partial charge in [0.2, 0.25) is 5.91 Å². The maximum atomic E-state index is 13.2. The fraction of sp³-hybridized carbons (Fsp3) is 0.565. The van der Waals surface area contributed by atoms with Crippen LogP contribution in [0.3, 0.4) is 0 Å². The molecular weight excluding hydrogens is 462 g/mol. The standard InChI is InChI=1S/C23H29N3O7S/c1-12-19-18(13(2)28)22(29)25(19)20(21(12)34-17-8-16(10-27)24(3)9-17)23(30)33-11-14-4-6-15(7-5-14)26(31)32/h4-7,12-13,16-19,27-28H,8-11H2,1-3H3. The minimum absolute atomic E-state index is 0.0521. The Morgan fingerprint density at radius 1 is 1.35 bits per heavy atom. The number of amides is 1. The Morgan fingerprint density at radius 2 is 2.03 bits per heavy atom. The van der Waals surface area contributed by atoms with Gasteiger partial charge in [-0.25, -0.2) is 4.79 Å². The lowest BCUT2D eigenvalue weighted by molar-refractivity contribution is -0.384. The van der Waals surface area contributed by atoms with Crippen LogP contribution in [0.5, 0.6) is 0 Å². The van der Waals surface area contributed by atoms with E-state index in [0.717, 1.165) is 17.9 Å². The van der Waals surface area contributed by atoms with Crippen LogP contribution >= 0.6 is 11.8 Å². The Kier molecular flexibility index (Phi) is 6.99. The number of benzene rings is 1. The van der Waals surface area contributed by atoms with Crippen molar-refractivity contribution in [3.8, 4) is 0 Å². The maximum Gasteiger partial charge on any atom is 0.356 e. The van der Waals surface area contributed by atoms with Crippen molar-refractivity contribution >= 4 is 29.3 Å². The van der Waals surface area contributed by atoms with E-state index in [-0.39, 0.29) is 53.8 Å². The van der Waals surface area contributed by atoms with Gasteiger partial charge >= 0.3 is 5.97 Å². The number of esters is 1. The quantitative estimate of drug-likeness (QED) is 0.240. The van der Waals surface area contributed by atoms with Crippen LogP contribution in [0.4, 0.5) is 5.69 Å². The largest absolute Gasteiger partial charge is 0.456 e. The molecule has 10 nitrogen and oxygen atoms in total. The summed E-state index contributed by atoms with van der Waals surface area (Å²) in [6, 6.07) is 5.49. The lowest BCUT2D eigenvalue weighted by Crippen LogP contribution is -2.63. The van der Waals surface area contributed by atoms with Gasteiger partial charge in [-0.3, -0.25) is 19.8 Å². The number of thioether (sulfide) groups is 1. The first-order valence-corrected chi connectivity index (χ1v) is 12.2. The van der Waals surface area contributed by atoms with E-state index < -0.39 is 22.9 Å². The summed E-state index contributed by atoms with van der Waals surface area (Å²) in [5, 5.41) is 30.7. The smallest absolute Gasteiger partial charge is 0.356 e. The number of ether oxygens (including phenoxy) is 1. The first-order valence-electron chi connectivity index (χ1n) is 11.3. The highest BCUT2D eigenvalue weighted by Crippen LogP contribution is 2.52. The van der Waals surface area contributed by atoms with Crippen molar-refractivity contribution in [3.05, 3.63) is 50.5 Å². The molecule has 0 spiro atoms. The summed E-state index contributed by atoms with van der Waals surface area (Å²) in [7, 11) is 1.95. The van der Waals surface area contributed by atoms with Crippen LogP contribution in [-0.2, 0) is 20.9 Å². The SMILES string of the molecule is CC(O)C1C(=O)N2C(C(=O)OCc3ccc([N+](=O)[O-])cc3)=C(SC3CC(CO)N(C)C3)C(C)C12. The Hall–Kier alpha value is -2.47. The van der Waals surface area contributed by atoms with Gasteiger partial charge in [0, 0.05) is 40.8 Å². The second-order valence-electron chi connectivity index (χ2n) is 9.22. The molecule has 3 aliphatic rings. The minimum Gasteiger partial charge on any atom is -0.456 e. The number of aliphatic hydroxyl groups is 2. The first-order chi connectivity index (χ1) is 16.1. The van der Waals surface area contributed by atoms with Crippen LogP contribution in [0.2, 0.25) is 0 Å². The molecule has 34 heavy (non-hydrogen) atoms. The van der Waals surface area contributed by atoms with Crippen molar-refractivity contribution in [1.29, 1.82) is 0 Å². The number of carbonyl (C=O) groups is 2. The van der Waals surface area contributed by atoms with Crippen LogP contribution < -0.4 is 0 Å². The summed E-state index contributed by atoms with van der Waals surface area (Å²) >= 11 is 1.55. The van der Waals surface area contributed by atoms with E-state index in [1.165, 1.54) is 29.2 Å². The Balaban J connectivity index is 1.55. The Labute approximate surface area is 201 Å². The van der Waals surface area contributed by atoms with E-state index >= 15 is 0 Å². The van der Waals surface area contributed by atoms with Crippen LogP contribution in [0.25, 0.3) is 0 Å². The molecule has 0 aromatic heterocycles. The number of β-lactam (4-membered cyclic amide) rings is 1. The summed E-state index contributed by atoms with van der Waals surface area (Å²) in [5.74, 6) is -1.62. The minimum atomic E-state index is -0.825. The Bertz CT molecular complexity index is 1010. The average Bonchev–Trinajstić information content (AvgIpc) is 3.27. The number of nitro groups is 1. The third-order valence-electron chi connectivity index (χ3n) is 6.97. The van der Waals surface area contributed by atoms with Crippen molar-refractivity contribution in [2.24, 2.45) is 11.8 Å². The molecule has 6 unspecified atom stereocenters. The fourth-order valence-corrected chi connectivity index (χ4v) is 6.74. The van der Waals surface area contributed by atoms with Crippen LogP contribution in [0.15, 0.2) is 34.9 Å². The van der Waals surface area contributed by atoms with Gasteiger partial charge in [-0.05, 0) is 38.1 Å². The maximum absolute atomic E-state index is 13.2. The van der Waals surface area contributed by atoms with Gasteiger partial charge in [0.05, 0.1) is 29.6 Å². The molecular formula is C23H29N3O7S. The van der Waals surface area contributed by atoms with Gasteiger partial charge in [-0.2, -0.15) is 0 Å². The lowest BCUT2D eigenvalue weighted by Gasteiger charge is -2.46. The van der Waals surface area contributed by atoms with Gasteiger partial charge < -0.3 is 19.8 Å². The second-order valence-corrected chi connectivity index (χ2v) is 10.6. The van der Waals surface area contributed by atoms with Gasteiger partial charge in [0.1, 0.15) is 12.3 Å². The molecule has 0 saturated carbocycles. The van der Waals surface area contributed by atoms with E-state index in [2.05, 4.69) is 4.90 Å². The summed E-state index contributed by atoms with van der Waals surface area (Å²) < 4.78 is 5.53. The molecule has 3 heterocycles. The highest BCUT2D eigenvalue weighted by molar-refractivity contribution is 8.03. The zero-order valence-electron chi connectivity index (χ0n) is 19.3. The zero-order valence-corrected chi connectivity index (χ0v) is 20.1. The number of non-ortho nitro benzene ring substituents is 1. The molecule has 2 saturated heterocycles. The molecule has 2 fully saturated rings. The van der Waals surface area contributed by atoms with Gasteiger partial charge in [-0.15, -0.1) is 11.8 Å². The summed E-state index contributed by atoms with van der Waals surface area (Å²) in [6.45, 7) is 4.26. The number of hydrogen-bond donors (Lipinski definition) is 2. The lowest BCUT2D eigenvalue weighted by atomic mass is 9.79. The number of carbonyl (C=O) groups excluding carboxylic acids is 2. The van der Waals surface area contributed by atoms with Crippen molar-refractivity contribution < 1.29 is 29.5 Å². The molecule has 0 bridgehead atoms. The van der Waals surface area contributed by atoms with Crippen LogP contribution in [0.1, 0.15) is 25.8 Å². The van der Waals surface area contributed by atoms with Gasteiger partial charge in [0.25, 0.3) is 5.69 Å². The number of likely N-dealkylation sites (N-methyl/N-ethyl adjacent to an activating group) is 1. The number of hydrogen-bond acceptors (Lipinski definition) is 9. The molecule has 2 N–H and O–H groups in total. The number of fused-ring (bicyclic) bond motifs is 1. The highest BCUT2D eigenvalue weighted by Gasteiger charge is 2.60. The number of nitrogens with zero attached hydrogens (tertiary/aromatic N) is 3. The van der Waals surface area contributed by atoms with E-state index in [9.17, 15) is 29.9 Å². The van der Waals surface area contributed by atoms with Crippen molar-refractivity contribution in [3.63, 3.8) is 0 Å². The molecule has 3 aliphatic heterocycles. The molecule has 0 aliphatic carbocycles. The molecule has 11 heteroatoms. The summed E-state index contributed by atoms with van der Waals surface area (Å²) in [5.41, 5.74) is 0.764. The Morgan fingerprint density at radius 3 is 2.59 bits per heavy atom. The van der Waals surface area contributed by atoms with Gasteiger partial charge in [-0.1, -0.05) is 6.92 Å². The molecule has 1 aromatic carbocycles. The molecule has 4 rings (SSSR count). The molecule has 0 radical (unpaired) electrons. The van der Waals surface area contributed by atoms with E-state index in [4.69, 9.17) is 4.74 Å². The zero-order chi connectivity index (χ0) is 24.7. The monoisotopic (exact) mass is 491 g/mol. The predicted molar refractivity (Wildman–Crippen MR) is 124 cm³/mol. The molecule has 1 amide bonds. The fourth-order valence-electron chi connectivity index (χ4n) is 5.11. The average molecular weight is 492 g/mol. The van der Waals surface area contributed by atoms with E-state index in [1.54, 1.807) is 18.7 Å². The van der Waals surface area contributed by atoms with Crippen LogP contribution in [-0.4, -0.2) is 80.4 Å². The van der Waals surface area contributed by atoms with Crippen LogP contribution in [0, 0.1) is 22.0 Å². The van der Waals surface area contributed by atoms with Crippen molar-refractivity contribution in [1.82, 2.24) is 9.80 Å². The molecule has 184 valence electrons. The topological polar surface area (TPSA) is 133 Å². The van der Waals surface area contributed by atoms with Crippen molar-refractivity contribution in [2.45, 2.75) is 50.3 Å². The molecule has 1 aromatic rings. The van der Waals surface area contributed by atoms with Crippen molar-refractivity contribution in [2.75, 3.05) is 20.2 Å². The summed E-state index contributed by atoms with van der Waals surface area (Å²) in [4.78, 5) is 40.7. The third-order valence-corrected chi connectivity index (χ3v) is 8.47. The number of nitro benzene ring substituents is 1. The predicted octanol–water partition coefficient (Wildman–Crippen LogP) is 1.51. The van der Waals surface area contributed by atoms with Gasteiger partial charge in [0.15, 0.2) is 0 Å². The molecule has 6 atom stereocenters. The number of rotatable bonds is 8. The second kappa shape index (κ2) is 9.65. The first kappa shape index (κ1) is 24.6. The number of likely N-dealkylation sites (tertiary alicyclic amines) is 1. The third kappa shape index (κ3) is 4.33. The highest BCUT2D eigenvalue weighted by atomic mass is 32.2.